The van der Waals surface area contributed by atoms with E-state index in [9.17, 15) is 23.2 Å². The van der Waals surface area contributed by atoms with Crippen molar-refractivity contribution >= 4 is 21.8 Å². The lowest BCUT2D eigenvalue weighted by atomic mass is 9.95. The molecule has 32 heavy (non-hydrogen) atoms. The topological polar surface area (TPSA) is 58.3 Å². The summed E-state index contributed by atoms with van der Waals surface area (Å²) in [6.07, 6.45) is -3.77. The lowest BCUT2D eigenvalue weighted by molar-refractivity contribution is -0.150. The van der Waals surface area contributed by atoms with Crippen LogP contribution in [0.3, 0.4) is 0 Å². The van der Waals surface area contributed by atoms with Gasteiger partial charge in [0.2, 0.25) is 0 Å². The van der Waals surface area contributed by atoms with E-state index in [1.165, 1.54) is 7.05 Å². The second-order valence-corrected chi connectivity index (χ2v) is 9.10. The molecular formula is C23H25BrF3N3O2. The minimum absolute atomic E-state index is 0.298. The number of benzene rings is 1. The van der Waals surface area contributed by atoms with Gasteiger partial charge in [0, 0.05) is 19.2 Å². The normalized spacial score (nSPS) is 14.7. The highest BCUT2D eigenvalue weighted by Gasteiger charge is 2.45. The summed E-state index contributed by atoms with van der Waals surface area (Å²) in [4.78, 5) is 14.3. The van der Waals surface area contributed by atoms with Crippen molar-refractivity contribution in [2.24, 2.45) is 0 Å². The predicted molar refractivity (Wildman–Crippen MR) is 119 cm³/mol. The minimum Gasteiger partial charge on any atom is -0.496 e. The fourth-order valence-electron chi connectivity index (χ4n) is 4.22. The van der Waals surface area contributed by atoms with E-state index in [0.29, 0.717) is 30.8 Å². The molecule has 0 spiro atoms. The van der Waals surface area contributed by atoms with Crippen molar-refractivity contribution in [1.82, 2.24) is 9.47 Å². The van der Waals surface area contributed by atoms with Gasteiger partial charge in [-0.3, -0.25) is 4.79 Å². The molecule has 1 aromatic carbocycles. The van der Waals surface area contributed by atoms with Gasteiger partial charge < -0.3 is 14.2 Å². The van der Waals surface area contributed by atoms with Crippen molar-refractivity contribution in [3.05, 3.63) is 39.5 Å². The monoisotopic (exact) mass is 511 g/mol. The SMILES string of the molecule is CCCc1cc(C(=O)N(C)[C@](C)(C#N)CC(F)(F)F)n2c1-c1cc(Br)c(OC)cc1CC2. The Balaban J connectivity index is 2.11. The van der Waals surface area contributed by atoms with Crippen LogP contribution >= 0.6 is 15.9 Å². The van der Waals surface area contributed by atoms with Gasteiger partial charge >= 0.3 is 6.18 Å². The molecule has 1 aromatic heterocycles. The Morgan fingerprint density at radius 3 is 2.59 bits per heavy atom. The molecule has 1 amide bonds. The quantitative estimate of drug-likeness (QED) is 0.496. The Morgan fingerprint density at radius 2 is 2.03 bits per heavy atom. The molecule has 0 N–H and O–H groups in total. The standard InChI is InChI=1S/C23H25BrF3N3O2/c1-5-6-15-9-18(21(31)29(3)22(2,13-28)12-23(25,26)27)30-8-7-14-10-19(32-4)17(24)11-16(14)20(15)30/h9-11H,5-8,12H2,1-4H3/t22-/m0/s1. The highest BCUT2D eigenvalue weighted by atomic mass is 79.9. The number of halogens is 4. The van der Waals surface area contributed by atoms with E-state index in [2.05, 4.69) is 15.9 Å². The third-order valence-corrected chi connectivity index (χ3v) is 6.60. The van der Waals surface area contributed by atoms with Gasteiger partial charge in [0.1, 0.15) is 17.0 Å². The number of carbonyl (C=O) groups excluding carboxylic acids is 1. The van der Waals surface area contributed by atoms with E-state index in [1.807, 2.05) is 23.6 Å². The number of ether oxygens (including phenoxy) is 1. The highest BCUT2D eigenvalue weighted by molar-refractivity contribution is 9.10. The lowest BCUT2D eigenvalue weighted by Gasteiger charge is -2.34. The molecule has 1 aliphatic rings. The Bertz CT molecular complexity index is 1090. The van der Waals surface area contributed by atoms with E-state index in [0.717, 1.165) is 45.1 Å². The zero-order chi connectivity index (χ0) is 23.8. The molecule has 9 heteroatoms. The number of aromatic nitrogens is 1. The van der Waals surface area contributed by atoms with E-state index in [-0.39, 0.29) is 0 Å². The van der Waals surface area contributed by atoms with Gasteiger partial charge in [0.15, 0.2) is 0 Å². The molecule has 0 radical (unpaired) electrons. The molecule has 2 aromatic rings. The van der Waals surface area contributed by atoms with Gasteiger partial charge in [0.05, 0.1) is 29.8 Å². The second-order valence-electron chi connectivity index (χ2n) is 8.24. The number of amides is 1. The number of fused-ring (bicyclic) bond motifs is 3. The smallest absolute Gasteiger partial charge is 0.392 e. The van der Waals surface area contributed by atoms with Crippen LogP contribution in [0.15, 0.2) is 22.7 Å². The van der Waals surface area contributed by atoms with Crippen molar-refractivity contribution < 1.29 is 22.7 Å². The average molecular weight is 512 g/mol. The van der Waals surface area contributed by atoms with E-state index >= 15 is 0 Å². The molecule has 2 heterocycles. The molecule has 0 unspecified atom stereocenters. The van der Waals surface area contributed by atoms with E-state index < -0.39 is 24.0 Å². The number of methoxy groups -OCH3 is 1. The van der Waals surface area contributed by atoms with Crippen LogP contribution < -0.4 is 4.74 Å². The molecule has 1 atom stereocenters. The first kappa shape index (κ1) is 24.2. The first-order chi connectivity index (χ1) is 15.0. The molecule has 5 nitrogen and oxygen atoms in total. The maximum Gasteiger partial charge on any atom is 0.392 e. The Labute approximate surface area is 193 Å². The van der Waals surface area contributed by atoms with Crippen LogP contribution in [0.5, 0.6) is 5.75 Å². The van der Waals surface area contributed by atoms with Crippen molar-refractivity contribution in [2.45, 2.75) is 57.8 Å². The second kappa shape index (κ2) is 8.81. The molecule has 0 fully saturated rings. The van der Waals surface area contributed by atoms with Crippen LogP contribution in [0, 0.1) is 11.3 Å². The zero-order valence-corrected chi connectivity index (χ0v) is 20.0. The Kier molecular flexibility index (Phi) is 6.66. The minimum atomic E-state index is -4.57. The number of nitriles is 1. The summed E-state index contributed by atoms with van der Waals surface area (Å²) in [5, 5.41) is 9.49. The van der Waals surface area contributed by atoms with Gasteiger partial charge in [-0.1, -0.05) is 13.3 Å². The molecule has 3 rings (SSSR count). The summed E-state index contributed by atoms with van der Waals surface area (Å²) in [7, 11) is 2.86. The van der Waals surface area contributed by atoms with Gasteiger partial charge in [-0.15, -0.1) is 0 Å². The summed E-state index contributed by atoms with van der Waals surface area (Å²) in [5.41, 5.74) is 2.19. The summed E-state index contributed by atoms with van der Waals surface area (Å²) in [6, 6.07) is 7.37. The number of hydrogen-bond donors (Lipinski definition) is 0. The van der Waals surface area contributed by atoms with Crippen LogP contribution in [0.25, 0.3) is 11.3 Å². The van der Waals surface area contributed by atoms with E-state index in [4.69, 9.17) is 4.74 Å². The van der Waals surface area contributed by atoms with Crippen LogP contribution in [0.1, 0.15) is 48.3 Å². The summed E-state index contributed by atoms with van der Waals surface area (Å²) < 4.78 is 47.4. The van der Waals surface area contributed by atoms with Crippen LogP contribution in [0.2, 0.25) is 0 Å². The molecule has 0 saturated carbocycles. The lowest BCUT2D eigenvalue weighted by Crippen LogP contribution is -2.49. The Hall–Kier alpha value is -2.47. The molecule has 0 aliphatic carbocycles. The molecule has 0 saturated heterocycles. The van der Waals surface area contributed by atoms with Gasteiger partial charge in [-0.25, -0.2) is 0 Å². The number of aryl methyl sites for hydroxylation is 2. The number of rotatable bonds is 6. The van der Waals surface area contributed by atoms with Gasteiger partial charge in [0.25, 0.3) is 5.91 Å². The first-order valence-electron chi connectivity index (χ1n) is 10.3. The van der Waals surface area contributed by atoms with Crippen LogP contribution in [-0.2, 0) is 19.4 Å². The fraction of sp³-hybridized carbons (Fsp3) is 0.478. The van der Waals surface area contributed by atoms with Gasteiger partial charge in [-0.2, -0.15) is 18.4 Å². The predicted octanol–water partition coefficient (Wildman–Crippen LogP) is 5.74. The summed E-state index contributed by atoms with van der Waals surface area (Å²) in [6.45, 7) is 3.68. The maximum atomic E-state index is 13.4. The van der Waals surface area contributed by atoms with Crippen LogP contribution in [0.4, 0.5) is 13.2 Å². The first-order valence-corrected chi connectivity index (χ1v) is 11.1. The zero-order valence-electron chi connectivity index (χ0n) is 18.4. The molecular weight excluding hydrogens is 487 g/mol. The largest absolute Gasteiger partial charge is 0.496 e. The Morgan fingerprint density at radius 1 is 1.34 bits per heavy atom. The fourth-order valence-corrected chi connectivity index (χ4v) is 4.73. The molecule has 0 bridgehead atoms. The summed E-state index contributed by atoms with van der Waals surface area (Å²) in [5.74, 6) is 0.117. The molecule has 172 valence electrons. The number of carbonyl (C=O) groups is 1. The van der Waals surface area contributed by atoms with E-state index in [1.54, 1.807) is 19.2 Å². The third-order valence-electron chi connectivity index (χ3n) is 5.98. The molecule has 1 aliphatic heterocycles. The number of alkyl halides is 3. The third kappa shape index (κ3) is 4.38. The van der Waals surface area contributed by atoms with Crippen molar-refractivity contribution in [3.8, 4) is 23.1 Å². The van der Waals surface area contributed by atoms with Crippen molar-refractivity contribution in [1.29, 1.82) is 5.26 Å². The number of nitrogens with zero attached hydrogens (tertiary/aromatic N) is 3. The highest BCUT2D eigenvalue weighted by Crippen LogP contribution is 2.41. The number of hydrogen-bond acceptors (Lipinski definition) is 3. The van der Waals surface area contributed by atoms with Crippen molar-refractivity contribution in [2.75, 3.05) is 14.2 Å². The maximum absolute atomic E-state index is 13.4. The average Bonchev–Trinajstić information content (AvgIpc) is 3.10. The van der Waals surface area contributed by atoms with Crippen molar-refractivity contribution in [3.63, 3.8) is 0 Å². The van der Waals surface area contributed by atoms with Crippen LogP contribution in [-0.4, -0.2) is 41.2 Å². The summed E-state index contributed by atoms with van der Waals surface area (Å²) >= 11 is 3.52. The van der Waals surface area contributed by atoms with Gasteiger partial charge in [-0.05, 0) is 65.0 Å².